The van der Waals surface area contributed by atoms with Gasteiger partial charge in [0, 0.05) is 25.0 Å². The predicted octanol–water partition coefficient (Wildman–Crippen LogP) is 3.54. The molecule has 0 radical (unpaired) electrons. The van der Waals surface area contributed by atoms with Gasteiger partial charge in [-0.25, -0.2) is 8.42 Å². The number of anilines is 1. The number of benzene rings is 1. The van der Waals surface area contributed by atoms with Crippen LogP contribution in [-0.2, 0) is 9.84 Å². The third-order valence-electron chi connectivity index (χ3n) is 4.82. The van der Waals surface area contributed by atoms with Gasteiger partial charge >= 0.3 is 5.51 Å². The Hall–Kier alpha value is -2.10. The number of alkyl halides is 3. The van der Waals surface area contributed by atoms with Crippen LogP contribution in [0.3, 0.4) is 0 Å². The summed E-state index contributed by atoms with van der Waals surface area (Å²) in [6, 6.07) is 5.51. The van der Waals surface area contributed by atoms with Crippen molar-refractivity contribution in [2.24, 2.45) is 0 Å². The fourth-order valence-corrected chi connectivity index (χ4v) is 4.37. The monoisotopic (exact) mass is 402 g/mol. The maximum absolute atomic E-state index is 13.0. The summed E-state index contributed by atoms with van der Waals surface area (Å²) in [6.07, 6.45) is 3.00. The molecule has 1 aromatic carbocycles. The molecule has 2 aromatic rings. The molecule has 1 fully saturated rings. The molecule has 0 aliphatic carbocycles. The third-order valence-corrected chi connectivity index (χ3v) is 6.35. The van der Waals surface area contributed by atoms with Gasteiger partial charge in [-0.05, 0) is 38.8 Å². The molecule has 0 spiro atoms. The second kappa shape index (κ2) is 7.14. The number of halogens is 3. The Morgan fingerprint density at radius 2 is 1.78 bits per heavy atom. The number of sulfone groups is 1. The van der Waals surface area contributed by atoms with Crippen molar-refractivity contribution in [2.45, 2.75) is 49.1 Å². The number of aromatic nitrogens is 3. The Labute approximate surface area is 155 Å². The highest BCUT2D eigenvalue weighted by Crippen LogP contribution is 2.38. The summed E-state index contributed by atoms with van der Waals surface area (Å²) in [7, 11) is -5.40. The quantitative estimate of drug-likeness (QED) is 0.783. The molecule has 3 rings (SSSR count). The van der Waals surface area contributed by atoms with Gasteiger partial charge in [-0.15, -0.1) is 10.2 Å². The second-order valence-corrected chi connectivity index (χ2v) is 8.78. The summed E-state index contributed by atoms with van der Waals surface area (Å²) in [5, 5.41) is 8.16. The molecular formula is C17H21F3N4O2S. The first-order valence-corrected chi connectivity index (χ1v) is 10.2. The first kappa shape index (κ1) is 19.7. The van der Waals surface area contributed by atoms with Crippen molar-refractivity contribution in [1.29, 1.82) is 0 Å². The fourth-order valence-electron chi connectivity index (χ4n) is 3.39. The van der Waals surface area contributed by atoms with Crippen LogP contribution in [-0.4, -0.2) is 41.8 Å². The molecule has 0 amide bonds. The summed E-state index contributed by atoms with van der Waals surface area (Å²) in [5.74, 6) is 0.999. The lowest BCUT2D eigenvalue weighted by atomic mass is 9.95. The van der Waals surface area contributed by atoms with Gasteiger partial charge in [-0.2, -0.15) is 13.2 Å². The molecule has 6 nitrogen and oxygen atoms in total. The van der Waals surface area contributed by atoms with Crippen LogP contribution >= 0.6 is 0 Å². The van der Waals surface area contributed by atoms with E-state index in [9.17, 15) is 21.6 Å². The van der Waals surface area contributed by atoms with E-state index in [1.165, 1.54) is 12.1 Å². The minimum atomic E-state index is -5.40. The van der Waals surface area contributed by atoms with Crippen LogP contribution < -0.4 is 4.90 Å². The fraction of sp³-hybridized carbons (Fsp3) is 0.529. The predicted molar refractivity (Wildman–Crippen MR) is 94.3 cm³/mol. The van der Waals surface area contributed by atoms with E-state index in [-0.39, 0.29) is 17.6 Å². The van der Waals surface area contributed by atoms with E-state index in [0.29, 0.717) is 25.9 Å². The van der Waals surface area contributed by atoms with E-state index in [2.05, 4.69) is 10.2 Å². The maximum Gasteiger partial charge on any atom is 0.501 e. The zero-order valence-corrected chi connectivity index (χ0v) is 15.8. The Morgan fingerprint density at radius 3 is 2.37 bits per heavy atom. The summed E-state index contributed by atoms with van der Waals surface area (Å²) >= 11 is 0. The van der Waals surface area contributed by atoms with Gasteiger partial charge in [-0.3, -0.25) is 0 Å². The molecule has 1 aromatic heterocycles. The molecule has 10 heteroatoms. The number of hydrogen-bond acceptors (Lipinski definition) is 5. The van der Waals surface area contributed by atoms with E-state index in [4.69, 9.17) is 0 Å². The lowest BCUT2D eigenvalue weighted by Gasteiger charge is -2.34. The summed E-state index contributed by atoms with van der Waals surface area (Å²) in [6.45, 7) is 4.94. The van der Waals surface area contributed by atoms with E-state index < -0.39 is 20.2 Å². The highest BCUT2D eigenvalue weighted by atomic mass is 32.2. The third kappa shape index (κ3) is 3.67. The van der Waals surface area contributed by atoms with E-state index in [0.717, 1.165) is 11.9 Å². The first-order chi connectivity index (χ1) is 12.6. The average Bonchev–Trinajstić information content (AvgIpc) is 3.11. The van der Waals surface area contributed by atoms with E-state index in [1.807, 2.05) is 18.4 Å². The number of piperidine rings is 1. The average molecular weight is 402 g/mol. The van der Waals surface area contributed by atoms with Crippen molar-refractivity contribution >= 4 is 15.5 Å². The Morgan fingerprint density at radius 1 is 1.15 bits per heavy atom. The van der Waals surface area contributed by atoms with Crippen LogP contribution in [0, 0.1) is 0 Å². The molecule has 27 heavy (non-hydrogen) atoms. The largest absolute Gasteiger partial charge is 0.501 e. The number of nitrogens with zero attached hydrogens (tertiary/aromatic N) is 4. The topological polar surface area (TPSA) is 68.1 Å². The van der Waals surface area contributed by atoms with Gasteiger partial charge in [0.1, 0.15) is 12.2 Å². The molecule has 1 saturated heterocycles. The molecule has 0 N–H and O–H groups in total. The van der Waals surface area contributed by atoms with Gasteiger partial charge in [0.25, 0.3) is 9.84 Å². The number of rotatable bonds is 4. The van der Waals surface area contributed by atoms with Crippen molar-refractivity contribution in [1.82, 2.24) is 14.8 Å². The molecule has 1 aliphatic rings. The SMILES string of the molecule is CC(C)n1cnnc1C1CCN(c2ccccc2S(=O)(=O)C(F)(F)F)CC1. The van der Waals surface area contributed by atoms with Crippen LogP contribution in [0.2, 0.25) is 0 Å². The van der Waals surface area contributed by atoms with Crippen molar-refractivity contribution in [3.05, 3.63) is 36.4 Å². The van der Waals surface area contributed by atoms with Crippen molar-refractivity contribution in [3.8, 4) is 0 Å². The van der Waals surface area contributed by atoms with Crippen molar-refractivity contribution < 1.29 is 21.6 Å². The molecule has 148 valence electrons. The molecular weight excluding hydrogens is 381 g/mol. The molecule has 0 saturated carbocycles. The van der Waals surface area contributed by atoms with Gasteiger partial charge in [0.05, 0.1) is 10.6 Å². The highest BCUT2D eigenvalue weighted by Gasteiger charge is 2.48. The zero-order valence-electron chi connectivity index (χ0n) is 15.0. The molecule has 1 aliphatic heterocycles. The summed E-state index contributed by atoms with van der Waals surface area (Å²) in [4.78, 5) is 1.01. The van der Waals surface area contributed by atoms with E-state index in [1.54, 1.807) is 17.3 Å². The van der Waals surface area contributed by atoms with Crippen LogP contribution in [0.4, 0.5) is 18.9 Å². The lowest BCUT2D eigenvalue weighted by Crippen LogP contribution is -2.35. The number of hydrogen-bond donors (Lipinski definition) is 0. The van der Waals surface area contributed by atoms with Crippen molar-refractivity contribution in [3.63, 3.8) is 0 Å². The van der Waals surface area contributed by atoms with Crippen LogP contribution in [0.5, 0.6) is 0 Å². The summed E-state index contributed by atoms with van der Waals surface area (Å²) in [5.41, 5.74) is -5.23. The van der Waals surface area contributed by atoms with Crippen LogP contribution in [0.25, 0.3) is 0 Å². The van der Waals surface area contributed by atoms with Gasteiger partial charge in [0.15, 0.2) is 0 Å². The lowest BCUT2D eigenvalue weighted by molar-refractivity contribution is -0.0435. The molecule has 0 atom stereocenters. The van der Waals surface area contributed by atoms with Crippen LogP contribution in [0.1, 0.15) is 44.5 Å². The molecule has 0 bridgehead atoms. The number of para-hydroxylation sites is 1. The maximum atomic E-state index is 13.0. The van der Waals surface area contributed by atoms with Gasteiger partial charge in [0.2, 0.25) is 0 Å². The minimum Gasteiger partial charge on any atom is -0.370 e. The Kier molecular flexibility index (Phi) is 5.20. The summed E-state index contributed by atoms with van der Waals surface area (Å²) < 4.78 is 64.8. The normalized spacial score (nSPS) is 16.9. The highest BCUT2D eigenvalue weighted by molar-refractivity contribution is 7.92. The molecule has 0 unspecified atom stereocenters. The van der Waals surface area contributed by atoms with Crippen molar-refractivity contribution in [2.75, 3.05) is 18.0 Å². The first-order valence-electron chi connectivity index (χ1n) is 8.67. The standard InChI is InChI=1S/C17H21F3N4O2S/c1-12(2)24-11-21-22-16(24)13-7-9-23(10-8-13)14-5-3-4-6-15(14)27(25,26)17(18,19)20/h3-6,11-13H,7-10H2,1-2H3. The smallest absolute Gasteiger partial charge is 0.370 e. The Balaban J connectivity index is 1.83. The second-order valence-electron chi connectivity index (χ2n) is 6.87. The minimum absolute atomic E-state index is 0.0959. The Bertz CT molecular complexity index is 901. The van der Waals surface area contributed by atoms with E-state index >= 15 is 0 Å². The van der Waals surface area contributed by atoms with Gasteiger partial charge < -0.3 is 9.47 Å². The van der Waals surface area contributed by atoms with Gasteiger partial charge in [-0.1, -0.05) is 12.1 Å². The molecule has 2 heterocycles. The van der Waals surface area contributed by atoms with Crippen LogP contribution in [0.15, 0.2) is 35.5 Å². The zero-order chi connectivity index (χ0) is 19.8.